The van der Waals surface area contributed by atoms with Gasteiger partial charge in [-0.25, -0.2) is 22.8 Å². The Morgan fingerprint density at radius 2 is 1.32 bits per heavy atom. The molecule has 1 aliphatic rings. The Morgan fingerprint density at radius 1 is 0.805 bits per heavy atom. The van der Waals surface area contributed by atoms with Crippen LogP contribution in [0.1, 0.15) is 22.0 Å². The number of para-hydroxylation sites is 1. The van der Waals surface area contributed by atoms with Crippen LogP contribution in [-0.2, 0) is 24.2 Å². The maximum atomic E-state index is 12.8. The summed E-state index contributed by atoms with van der Waals surface area (Å²) in [6, 6.07) is 25.8. The van der Waals surface area contributed by atoms with E-state index in [9.17, 15) is 22.8 Å². The molecule has 2 N–H and O–H groups in total. The van der Waals surface area contributed by atoms with Crippen molar-refractivity contribution in [3.63, 3.8) is 0 Å². The lowest BCUT2D eigenvalue weighted by Gasteiger charge is -2.37. The number of piperazine rings is 1. The number of benzene rings is 3. The van der Waals surface area contributed by atoms with Gasteiger partial charge in [-0.2, -0.15) is 0 Å². The lowest BCUT2D eigenvalue weighted by atomic mass is 10.1. The van der Waals surface area contributed by atoms with E-state index in [2.05, 4.69) is 21.9 Å². The molecule has 3 aromatic carbocycles. The highest BCUT2D eigenvalue weighted by Gasteiger charge is 2.25. The molecule has 0 saturated carbocycles. The van der Waals surface area contributed by atoms with Crippen molar-refractivity contribution in [2.45, 2.75) is 11.0 Å². The predicted molar refractivity (Wildman–Crippen MR) is 154 cm³/mol. The van der Waals surface area contributed by atoms with E-state index < -0.39 is 33.8 Å². The first-order chi connectivity index (χ1) is 19.5. The van der Waals surface area contributed by atoms with Gasteiger partial charge in [-0.3, -0.25) is 4.90 Å². The number of carbonyl (C=O) groups is 3. The summed E-state index contributed by atoms with van der Waals surface area (Å²) in [7, 11) is -3.29. The number of sulfone groups is 1. The first-order valence-electron chi connectivity index (χ1n) is 12.8. The monoisotopic (exact) mass is 580 g/mol. The number of aliphatic carboxylic acids is 2. The van der Waals surface area contributed by atoms with Gasteiger partial charge in [0.2, 0.25) is 0 Å². The molecule has 3 aromatic rings. The van der Waals surface area contributed by atoms with E-state index in [-0.39, 0.29) is 4.90 Å². The second kappa shape index (κ2) is 14.8. The van der Waals surface area contributed by atoms with E-state index in [1.54, 1.807) is 48.5 Å². The van der Waals surface area contributed by atoms with Crippen LogP contribution in [0.15, 0.2) is 102 Å². The average Bonchev–Trinajstić information content (AvgIpc) is 2.97. The summed E-state index contributed by atoms with van der Waals surface area (Å²) in [5.74, 6) is -2.91. The van der Waals surface area contributed by atoms with Crippen molar-refractivity contribution in [1.29, 1.82) is 0 Å². The van der Waals surface area contributed by atoms with Gasteiger partial charge in [-0.1, -0.05) is 48.5 Å². The van der Waals surface area contributed by atoms with Crippen LogP contribution < -0.4 is 4.90 Å². The molecule has 0 aromatic heterocycles. The minimum atomic E-state index is -3.29. The largest absolute Gasteiger partial charge is 0.478 e. The molecular weight excluding hydrogens is 548 g/mol. The number of anilines is 1. The Kier molecular flexibility index (Phi) is 11.2. The van der Waals surface area contributed by atoms with Crippen LogP contribution in [-0.4, -0.2) is 80.4 Å². The van der Waals surface area contributed by atoms with Crippen molar-refractivity contribution in [3.05, 3.63) is 108 Å². The molecule has 1 unspecified atom stereocenters. The van der Waals surface area contributed by atoms with E-state index in [1.165, 1.54) is 11.9 Å². The number of hydrogen-bond donors (Lipinski definition) is 2. The minimum Gasteiger partial charge on any atom is -0.478 e. The number of rotatable bonds is 9. The normalized spacial score (nSPS) is 14.5. The summed E-state index contributed by atoms with van der Waals surface area (Å²) >= 11 is 0. The zero-order valence-corrected chi connectivity index (χ0v) is 23.3. The lowest BCUT2D eigenvalue weighted by molar-refractivity contribution is -0.134. The average molecular weight is 581 g/mol. The van der Waals surface area contributed by atoms with Gasteiger partial charge in [0.05, 0.1) is 10.5 Å². The quantitative estimate of drug-likeness (QED) is 0.285. The van der Waals surface area contributed by atoms with Gasteiger partial charge < -0.3 is 19.8 Å². The van der Waals surface area contributed by atoms with Crippen molar-refractivity contribution >= 4 is 33.4 Å². The van der Waals surface area contributed by atoms with Crippen LogP contribution in [0.2, 0.25) is 0 Å². The number of ether oxygens (including phenoxy) is 1. The number of carboxylic acid groups (broad SMARTS) is 2. The highest BCUT2D eigenvalue weighted by atomic mass is 32.2. The summed E-state index contributed by atoms with van der Waals surface area (Å²) < 4.78 is 29.6. The van der Waals surface area contributed by atoms with E-state index in [0.29, 0.717) is 24.3 Å². The fraction of sp³-hybridized carbons (Fsp3) is 0.233. The van der Waals surface area contributed by atoms with Gasteiger partial charge in [-0.15, -0.1) is 0 Å². The van der Waals surface area contributed by atoms with Crippen molar-refractivity contribution < 1.29 is 37.8 Å². The topological polar surface area (TPSA) is 142 Å². The molecule has 0 radical (unpaired) electrons. The third-order valence-corrected chi connectivity index (χ3v) is 7.35. The van der Waals surface area contributed by atoms with Gasteiger partial charge in [0, 0.05) is 56.8 Å². The molecule has 1 heterocycles. The summed E-state index contributed by atoms with van der Waals surface area (Å²) in [5, 5.41) is 15.6. The van der Waals surface area contributed by atoms with Crippen LogP contribution in [0.25, 0.3) is 0 Å². The zero-order valence-electron chi connectivity index (χ0n) is 22.5. The van der Waals surface area contributed by atoms with Crippen LogP contribution in [0.5, 0.6) is 0 Å². The number of hydrogen-bond acceptors (Lipinski definition) is 8. The Bertz CT molecular complexity index is 1420. The molecule has 1 aliphatic heterocycles. The summed E-state index contributed by atoms with van der Waals surface area (Å²) in [6.45, 7) is 4.00. The Morgan fingerprint density at radius 3 is 1.80 bits per heavy atom. The second-order valence-electron chi connectivity index (χ2n) is 9.23. The van der Waals surface area contributed by atoms with E-state index in [1.807, 2.05) is 24.3 Å². The van der Waals surface area contributed by atoms with Crippen LogP contribution in [0, 0.1) is 0 Å². The summed E-state index contributed by atoms with van der Waals surface area (Å²) in [4.78, 5) is 36.8. The molecule has 10 nitrogen and oxygen atoms in total. The molecule has 0 amide bonds. The molecule has 0 aliphatic carbocycles. The smallest absolute Gasteiger partial charge is 0.338 e. The molecule has 41 heavy (non-hydrogen) atoms. The van der Waals surface area contributed by atoms with Gasteiger partial charge >= 0.3 is 17.9 Å². The molecule has 11 heteroatoms. The maximum Gasteiger partial charge on any atom is 0.338 e. The van der Waals surface area contributed by atoms with Gasteiger partial charge in [0.25, 0.3) is 0 Å². The first-order valence-corrected chi connectivity index (χ1v) is 14.6. The molecular formula is C30H32N2O8S. The van der Waals surface area contributed by atoms with Gasteiger partial charge in [0.15, 0.2) is 9.84 Å². The SMILES string of the molecule is CS(=O)(=O)c1ccc(C(CN2CCN(c3ccccc3)CC2)OC(=O)c2ccccc2)cc1.O=C(O)/C=C\C(=O)O. The zero-order chi connectivity index (χ0) is 29.8. The minimum absolute atomic E-state index is 0.246. The molecule has 216 valence electrons. The molecule has 1 atom stereocenters. The standard InChI is InChI=1S/C26H28N2O4S.C4H4O4/c1-33(30,31)24-14-12-21(13-15-24)25(32-26(29)22-8-4-2-5-9-22)20-27-16-18-28(19-17-27)23-10-6-3-7-11-23;5-3(6)1-2-4(7)8/h2-15,25H,16-20H2,1H3;1-2H,(H,5,6)(H,7,8)/b;2-1-. The highest BCUT2D eigenvalue weighted by Crippen LogP contribution is 2.24. The van der Waals surface area contributed by atoms with Crippen LogP contribution >= 0.6 is 0 Å². The predicted octanol–water partition coefficient (Wildman–Crippen LogP) is 3.52. The highest BCUT2D eigenvalue weighted by molar-refractivity contribution is 7.90. The number of carbonyl (C=O) groups excluding carboxylic acids is 1. The molecule has 4 rings (SSSR count). The Hall–Kier alpha value is -4.48. The molecule has 0 bridgehead atoms. The fourth-order valence-corrected chi connectivity index (χ4v) is 4.75. The summed E-state index contributed by atoms with van der Waals surface area (Å²) in [6.07, 6.45) is 1.79. The number of esters is 1. The molecule has 0 spiro atoms. The fourth-order valence-electron chi connectivity index (χ4n) is 4.12. The third kappa shape index (κ3) is 10.2. The number of carboxylic acids is 2. The van der Waals surface area contributed by atoms with Crippen LogP contribution in [0.4, 0.5) is 5.69 Å². The van der Waals surface area contributed by atoms with Crippen molar-refractivity contribution in [3.8, 4) is 0 Å². The summed E-state index contributed by atoms with van der Waals surface area (Å²) in [5.41, 5.74) is 2.47. The Labute approximate surface area is 239 Å². The third-order valence-electron chi connectivity index (χ3n) is 6.22. The van der Waals surface area contributed by atoms with Crippen LogP contribution in [0.3, 0.4) is 0 Å². The first kappa shape index (κ1) is 31.1. The van der Waals surface area contributed by atoms with Crippen molar-refractivity contribution in [2.75, 3.05) is 43.9 Å². The van der Waals surface area contributed by atoms with Crippen molar-refractivity contribution in [1.82, 2.24) is 4.90 Å². The maximum absolute atomic E-state index is 12.8. The van der Waals surface area contributed by atoms with E-state index in [0.717, 1.165) is 31.7 Å². The molecule has 1 saturated heterocycles. The molecule has 1 fully saturated rings. The van der Waals surface area contributed by atoms with E-state index in [4.69, 9.17) is 14.9 Å². The number of nitrogens with zero attached hydrogens (tertiary/aromatic N) is 2. The van der Waals surface area contributed by atoms with Crippen molar-refractivity contribution in [2.24, 2.45) is 0 Å². The van der Waals surface area contributed by atoms with Gasteiger partial charge in [-0.05, 0) is 42.0 Å². The Balaban J connectivity index is 0.000000507. The van der Waals surface area contributed by atoms with E-state index >= 15 is 0 Å². The lowest BCUT2D eigenvalue weighted by Crippen LogP contribution is -2.47. The second-order valence-corrected chi connectivity index (χ2v) is 11.2. The van der Waals surface area contributed by atoms with Gasteiger partial charge in [0.1, 0.15) is 6.10 Å².